The predicted octanol–water partition coefficient (Wildman–Crippen LogP) is 5.40. The van der Waals surface area contributed by atoms with E-state index >= 15 is 0 Å². The highest BCUT2D eigenvalue weighted by Crippen LogP contribution is 2.37. The van der Waals surface area contributed by atoms with Crippen molar-refractivity contribution in [1.82, 2.24) is 15.0 Å². The van der Waals surface area contributed by atoms with Gasteiger partial charge in [-0.25, -0.2) is 19.3 Å². The summed E-state index contributed by atoms with van der Waals surface area (Å²) in [6.45, 7) is 0. The average Bonchev–Trinajstić information content (AvgIpc) is 2.65. The van der Waals surface area contributed by atoms with Crippen LogP contribution in [0.4, 0.5) is 21.7 Å². The van der Waals surface area contributed by atoms with Crippen LogP contribution in [0.3, 0.4) is 0 Å². The van der Waals surface area contributed by atoms with E-state index in [0.29, 0.717) is 5.82 Å². The zero-order chi connectivity index (χ0) is 17.2. The third kappa shape index (κ3) is 2.96. The van der Waals surface area contributed by atoms with Crippen LogP contribution in [-0.4, -0.2) is 15.0 Å². The van der Waals surface area contributed by atoms with Gasteiger partial charge in [-0.3, -0.25) is 4.90 Å². The number of aromatic nitrogens is 3. The van der Waals surface area contributed by atoms with Gasteiger partial charge in [0.1, 0.15) is 12.1 Å². The second kappa shape index (κ2) is 6.57. The van der Waals surface area contributed by atoms with Crippen molar-refractivity contribution in [2.24, 2.45) is 0 Å². The van der Waals surface area contributed by atoms with E-state index in [9.17, 15) is 4.39 Å². The molecular weight excluding hydrogens is 383 g/mol. The molecule has 4 aromatic rings. The van der Waals surface area contributed by atoms with Crippen molar-refractivity contribution in [3.63, 3.8) is 0 Å². The number of hydrogen-bond donors (Lipinski definition) is 0. The van der Waals surface area contributed by atoms with Crippen LogP contribution in [0.25, 0.3) is 10.9 Å². The van der Waals surface area contributed by atoms with Crippen molar-refractivity contribution in [1.29, 1.82) is 0 Å². The van der Waals surface area contributed by atoms with Gasteiger partial charge in [-0.2, -0.15) is 0 Å². The Balaban J connectivity index is 2.03. The molecule has 0 atom stereocenters. The first-order valence-electron chi connectivity index (χ1n) is 7.60. The van der Waals surface area contributed by atoms with Crippen LogP contribution in [0.5, 0.6) is 0 Å². The summed E-state index contributed by atoms with van der Waals surface area (Å²) in [7, 11) is 0. The summed E-state index contributed by atoms with van der Waals surface area (Å²) in [6.07, 6.45) is 3.04. The lowest BCUT2D eigenvalue weighted by atomic mass is 10.2. The Kier molecular flexibility index (Phi) is 4.11. The maximum atomic E-state index is 14.5. The molecule has 25 heavy (non-hydrogen) atoms. The second-order valence-corrected chi connectivity index (χ2v) is 6.25. The third-order valence-corrected chi connectivity index (χ3v) is 4.25. The highest BCUT2D eigenvalue weighted by atomic mass is 79.9. The average molecular weight is 395 g/mol. The van der Waals surface area contributed by atoms with Crippen LogP contribution in [0.15, 0.2) is 77.7 Å². The normalized spacial score (nSPS) is 10.8. The number of hydrogen-bond acceptors (Lipinski definition) is 4. The summed E-state index contributed by atoms with van der Waals surface area (Å²) >= 11 is 3.48. The molecular formula is C19H12BrFN4. The van der Waals surface area contributed by atoms with Crippen LogP contribution in [-0.2, 0) is 0 Å². The van der Waals surface area contributed by atoms with Gasteiger partial charge in [-0.1, -0.05) is 34.1 Å². The zero-order valence-corrected chi connectivity index (χ0v) is 14.6. The minimum Gasteiger partial charge on any atom is -0.276 e. The number of rotatable bonds is 3. The molecule has 4 nitrogen and oxygen atoms in total. The lowest BCUT2D eigenvalue weighted by molar-refractivity contribution is 0.622. The Morgan fingerprint density at radius 1 is 0.840 bits per heavy atom. The zero-order valence-electron chi connectivity index (χ0n) is 13.0. The molecule has 6 heteroatoms. The molecule has 0 aliphatic heterocycles. The number of fused-ring (bicyclic) bond motifs is 1. The Morgan fingerprint density at radius 3 is 2.48 bits per heavy atom. The van der Waals surface area contributed by atoms with E-state index in [-0.39, 0.29) is 5.82 Å². The molecule has 122 valence electrons. The smallest absolute Gasteiger partial charge is 0.175 e. The van der Waals surface area contributed by atoms with Crippen molar-refractivity contribution >= 4 is 44.2 Å². The molecule has 0 bridgehead atoms. The minimum absolute atomic E-state index is 0.189. The van der Waals surface area contributed by atoms with Crippen LogP contribution in [0.1, 0.15) is 0 Å². The van der Waals surface area contributed by atoms with Gasteiger partial charge in [0.25, 0.3) is 0 Å². The van der Waals surface area contributed by atoms with Gasteiger partial charge >= 0.3 is 0 Å². The Labute approximate surface area is 152 Å². The summed E-state index contributed by atoms with van der Waals surface area (Å²) in [6, 6.07) is 18.1. The molecule has 2 heterocycles. The molecule has 0 aliphatic carbocycles. The number of pyridine rings is 1. The van der Waals surface area contributed by atoms with E-state index in [0.717, 1.165) is 21.1 Å². The fourth-order valence-corrected chi connectivity index (χ4v) is 3.02. The molecule has 0 saturated carbocycles. The molecule has 0 unspecified atom stereocenters. The highest BCUT2D eigenvalue weighted by molar-refractivity contribution is 9.10. The molecule has 0 saturated heterocycles. The van der Waals surface area contributed by atoms with E-state index in [2.05, 4.69) is 30.9 Å². The fraction of sp³-hybridized carbons (Fsp3) is 0. The maximum Gasteiger partial charge on any atom is 0.175 e. The molecule has 0 radical (unpaired) electrons. The number of halogens is 2. The fourth-order valence-electron chi connectivity index (χ4n) is 2.66. The lowest BCUT2D eigenvalue weighted by Gasteiger charge is -2.24. The Morgan fingerprint density at radius 2 is 1.68 bits per heavy atom. The van der Waals surface area contributed by atoms with Gasteiger partial charge in [0, 0.05) is 21.7 Å². The SMILES string of the molecule is Fc1cccnc1N(c1ccccc1)c1ncnc2ccc(Br)cc12. The first-order chi connectivity index (χ1) is 12.2. The molecule has 2 aromatic carbocycles. The standard InChI is InChI=1S/C19H12BrFN4/c20-13-8-9-17-15(11-13)18(24-12-23-17)25(14-5-2-1-3-6-14)19-16(21)7-4-10-22-19/h1-12H. The molecule has 0 amide bonds. The van der Waals surface area contributed by atoms with Gasteiger partial charge < -0.3 is 0 Å². The predicted molar refractivity (Wildman–Crippen MR) is 99.7 cm³/mol. The summed E-state index contributed by atoms with van der Waals surface area (Å²) in [5.74, 6) is 0.330. The first kappa shape index (κ1) is 15.7. The van der Waals surface area contributed by atoms with Crippen molar-refractivity contribution in [2.75, 3.05) is 4.90 Å². The first-order valence-corrected chi connectivity index (χ1v) is 8.39. The summed E-state index contributed by atoms with van der Waals surface area (Å²) in [5, 5.41) is 0.797. The van der Waals surface area contributed by atoms with Crippen LogP contribution < -0.4 is 4.90 Å². The van der Waals surface area contributed by atoms with E-state index in [1.54, 1.807) is 17.2 Å². The largest absolute Gasteiger partial charge is 0.276 e. The van der Waals surface area contributed by atoms with Crippen LogP contribution in [0.2, 0.25) is 0 Å². The van der Waals surface area contributed by atoms with Crippen LogP contribution >= 0.6 is 15.9 Å². The topological polar surface area (TPSA) is 41.9 Å². The molecule has 0 N–H and O–H groups in total. The molecule has 4 rings (SSSR count). The van der Waals surface area contributed by atoms with Crippen molar-refractivity contribution < 1.29 is 4.39 Å². The van der Waals surface area contributed by atoms with Gasteiger partial charge in [-0.05, 0) is 42.5 Å². The van der Waals surface area contributed by atoms with Gasteiger partial charge in [0.2, 0.25) is 0 Å². The maximum absolute atomic E-state index is 14.5. The third-order valence-electron chi connectivity index (χ3n) is 3.75. The van der Waals surface area contributed by atoms with Crippen LogP contribution in [0, 0.1) is 5.82 Å². The number of anilines is 3. The summed E-state index contributed by atoms with van der Waals surface area (Å²) < 4.78 is 15.4. The van der Waals surface area contributed by atoms with Gasteiger partial charge in [0.05, 0.1) is 5.52 Å². The van der Waals surface area contributed by atoms with Crippen molar-refractivity contribution in [2.45, 2.75) is 0 Å². The Bertz CT molecular complexity index is 1040. The Hall–Kier alpha value is -2.86. The van der Waals surface area contributed by atoms with Crippen molar-refractivity contribution in [3.05, 3.63) is 83.5 Å². The molecule has 0 aliphatic rings. The molecule has 0 fully saturated rings. The van der Waals surface area contributed by atoms with Crippen molar-refractivity contribution in [3.8, 4) is 0 Å². The number of benzene rings is 2. The monoisotopic (exact) mass is 394 g/mol. The van der Waals surface area contributed by atoms with E-state index in [1.165, 1.54) is 12.4 Å². The summed E-state index contributed by atoms with van der Waals surface area (Å²) in [4.78, 5) is 14.7. The van der Waals surface area contributed by atoms with Gasteiger partial charge in [-0.15, -0.1) is 0 Å². The van der Waals surface area contributed by atoms with Gasteiger partial charge in [0.15, 0.2) is 11.6 Å². The second-order valence-electron chi connectivity index (χ2n) is 5.34. The summed E-state index contributed by atoms with van der Waals surface area (Å²) in [5.41, 5.74) is 1.53. The quantitative estimate of drug-likeness (QED) is 0.466. The minimum atomic E-state index is -0.423. The highest BCUT2D eigenvalue weighted by Gasteiger charge is 2.21. The number of para-hydroxylation sites is 1. The van der Waals surface area contributed by atoms with E-state index in [4.69, 9.17) is 0 Å². The molecule has 0 spiro atoms. The molecule has 2 aromatic heterocycles. The number of nitrogens with zero attached hydrogens (tertiary/aromatic N) is 4. The van der Waals surface area contributed by atoms with E-state index < -0.39 is 5.82 Å². The lowest BCUT2D eigenvalue weighted by Crippen LogP contribution is -2.15. The van der Waals surface area contributed by atoms with E-state index in [1.807, 2.05) is 48.5 Å².